The maximum absolute atomic E-state index is 14.9. The molecular weight excluding hydrogens is 364 g/mol. The molecule has 0 bridgehead atoms. The maximum Gasteiger partial charge on any atom is 0.131 e. The van der Waals surface area contributed by atoms with Gasteiger partial charge in [0.25, 0.3) is 0 Å². The molecule has 4 rings (SSSR count). The average molecular weight is 378 g/mol. The molecule has 0 saturated heterocycles. The fourth-order valence-electron chi connectivity index (χ4n) is 3.37. The maximum atomic E-state index is 14.9. The lowest BCUT2D eigenvalue weighted by molar-refractivity contribution is 0.623. The highest BCUT2D eigenvalue weighted by molar-refractivity contribution is 5.92. The van der Waals surface area contributed by atoms with E-state index in [0.29, 0.717) is 5.56 Å². The summed E-state index contributed by atoms with van der Waals surface area (Å²) in [6, 6.07) is 20.0. The zero-order chi connectivity index (χ0) is 19.7. The van der Waals surface area contributed by atoms with Crippen LogP contribution in [0.3, 0.4) is 0 Å². The average Bonchev–Trinajstić information content (AvgIpc) is 2.68. The molecule has 0 aliphatic carbocycles. The van der Waals surface area contributed by atoms with Gasteiger partial charge in [-0.25, -0.2) is 17.6 Å². The minimum Gasteiger partial charge on any atom is -0.207 e. The first kappa shape index (κ1) is 18.0. The Morgan fingerprint density at radius 1 is 0.429 bits per heavy atom. The molecule has 28 heavy (non-hydrogen) atoms. The Morgan fingerprint density at radius 3 is 1.71 bits per heavy atom. The summed E-state index contributed by atoms with van der Waals surface area (Å²) in [4.78, 5) is 0. The number of halogens is 4. The highest BCUT2D eigenvalue weighted by atomic mass is 19.1. The van der Waals surface area contributed by atoms with Gasteiger partial charge in [0.15, 0.2) is 0 Å². The van der Waals surface area contributed by atoms with Crippen LogP contribution in [0.1, 0.15) is 0 Å². The minimum absolute atomic E-state index is 0.0599. The third-order valence-corrected chi connectivity index (χ3v) is 4.57. The first-order chi connectivity index (χ1) is 13.6. The van der Waals surface area contributed by atoms with Gasteiger partial charge in [0, 0.05) is 16.7 Å². The van der Waals surface area contributed by atoms with Gasteiger partial charge in [-0.1, -0.05) is 54.6 Å². The molecule has 0 unspecified atom stereocenters. The fourth-order valence-corrected chi connectivity index (χ4v) is 3.37. The summed E-state index contributed by atoms with van der Waals surface area (Å²) >= 11 is 0. The van der Waals surface area contributed by atoms with Crippen molar-refractivity contribution in [2.45, 2.75) is 0 Å². The number of benzene rings is 4. The van der Waals surface area contributed by atoms with Crippen molar-refractivity contribution in [3.8, 4) is 33.4 Å². The van der Waals surface area contributed by atoms with Crippen LogP contribution < -0.4 is 0 Å². The normalized spacial score (nSPS) is 10.9. The summed E-state index contributed by atoms with van der Waals surface area (Å²) in [6.07, 6.45) is 0. The Hall–Kier alpha value is -3.40. The van der Waals surface area contributed by atoms with Gasteiger partial charge in [-0.2, -0.15) is 0 Å². The standard InChI is InChI=1S/C24H14F4/c25-16-7-3-6-15(14-16)23-19(10-5-12-21(23)27)24-18(9-4-13-22(24)28)17-8-1-2-11-20(17)26/h1-14H. The molecule has 0 fully saturated rings. The van der Waals surface area contributed by atoms with E-state index in [1.165, 1.54) is 60.7 Å². The Morgan fingerprint density at radius 2 is 1.00 bits per heavy atom. The zero-order valence-electron chi connectivity index (χ0n) is 14.6. The monoisotopic (exact) mass is 378 g/mol. The smallest absolute Gasteiger partial charge is 0.131 e. The van der Waals surface area contributed by atoms with Gasteiger partial charge in [0.2, 0.25) is 0 Å². The summed E-state index contributed by atoms with van der Waals surface area (Å²) in [5, 5.41) is 0. The zero-order valence-corrected chi connectivity index (χ0v) is 14.6. The van der Waals surface area contributed by atoms with Gasteiger partial charge in [0.05, 0.1) is 0 Å². The van der Waals surface area contributed by atoms with Crippen LogP contribution in [0.5, 0.6) is 0 Å². The quantitative estimate of drug-likeness (QED) is 0.330. The molecule has 0 radical (unpaired) electrons. The first-order valence-electron chi connectivity index (χ1n) is 8.64. The van der Waals surface area contributed by atoms with Crippen molar-refractivity contribution in [1.29, 1.82) is 0 Å². The van der Waals surface area contributed by atoms with Crippen LogP contribution in [0.15, 0.2) is 84.9 Å². The van der Waals surface area contributed by atoms with E-state index < -0.39 is 23.3 Å². The van der Waals surface area contributed by atoms with E-state index >= 15 is 0 Å². The lowest BCUT2D eigenvalue weighted by Gasteiger charge is -2.16. The molecule has 0 spiro atoms. The lowest BCUT2D eigenvalue weighted by atomic mass is 9.88. The molecule has 0 saturated carbocycles. The molecule has 0 amide bonds. The van der Waals surface area contributed by atoms with Crippen molar-refractivity contribution in [1.82, 2.24) is 0 Å². The second kappa shape index (κ2) is 7.31. The first-order valence-corrected chi connectivity index (χ1v) is 8.64. The second-order valence-corrected chi connectivity index (χ2v) is 6.31. The van der Waals surface area contributed by atoms with E-state index in [0.717, 1.165) is 0 Å². The van der Waals surface area contributed by atoms with E-state index in [1.807, 2.05) is 0 Å². The number of rotatable bonds is 3. The third-order valence-electron chi connectivity index (χ3n) is 4.57. The minimum atomic E-state index is -0.621. The highest BCUT2D eigenvalue weighted by Crippen LogP contribution is 2.41. The molecule has 4 aromatic carbocycles. The predicted molar refractivity (Wildman–Crippen MR) is 103 cm³/mol. The van der Waals surface area contributed by atoms with Gasteiger partial charge >= 0.3 is 0 Å². The molecule has 0 aliphatic heterocycles. The summed E-state index contributed by atoms with van der Waals surface area (Å²) < 4.78 is 57.9. The molecule has 0 atom stereocenters. The van der Waals surface area contributed by atoms with Crippen molar-refractivity contribution < 1.29 is 17.6 Å². The van der Waals surface area contributed by atoms with Crippen LogP contribution >= 0.6 is 0 Å². The van der Waals surface area contributed by atoms with Crippen molar-refractivity contribution in [3.05, 3.63) is 108 Å². The summed E-state index contributed by atoms with van der Waals surface area (Å²) in [7, 11) is 0. The fraction of sp³-hybridized carbons (Fsp3) is 0. The Labute approximate surface area is 159 Å². The predicted octanol–water partition coefficient (Wildman–Crippen LogP) is 7.24. The van der Waals surface area contributed by atoms with E-state index in [4.69, 9.17) is 0 Å². The van der Waals surface area contributed by atoms with Crippen molar-refractivity contribution in [2.24, 2.45) is 0 Å². The summed E-state index contributed by atoms with van der Waals surface area (Å²) in [5.74, 6) is -2.29. The molecule has 0 heterocycles. The Balaban J connectivity index is 2.05. The van der Waals surface area contributed by atoms with E-state index in [-0.39, 0.29) is 27.8 Å². The Bertz CT molecular complexity index is 1160. The van der Waals surface area contributed by atoms with Gasteiger partial charge in [-0.15, -0.1) is 0 Å². The van der Waals surface area contributed by atoms with Crippen molar-refractivity contribution in [2.75, 3.05) is 0 Å². The molecule has 0 aromatic heterocycles. The largest absolute Gasteiger partial charge is 0.207 e. The summed E-state index contributed by atoms with van der Waals surface area (Å²) in [5.41, 5.74) is 1.11. The molecular formula is C24H14F4. The van der Waals surface area contributed by atoms with Crippen LogP contribution in [0.25, 0.3) is 33.4 Å². The molecule has 4 heteroatoms. The van der Waals surface area contributed by atoms with Crippen molar-refractivity contribution in [3.63, 3.8) is 0 Å². The van der Waals surface area contributed by atoms with Crippen LogP contribution in [-0.2, 0) is 0 Å². The van der Waals surface area contributed by atoms with Crippen LogP contribution in [-0.4, -0.2) is 0 Å². The third kappa shape index (κ3) is 3.18. The van der Waals surface area contributed by atoms with Crippen molar-refractivity contribution >= 4 is 0 Å². The molecule has 0 N–H and O–H groups in total. The van der Waals surface area contributed by atoms with Crippen LogP contribution in [0, 0.1) is 23.3 Å². The SMILES string of the molecule is Fc1cccc(-c2c(F)cccc2-c2c(F)cccc2-c2ccccc2F)c1. The molecule has 0 aliphatic rings. The molecule has 4 aromatic rings. The second-order valence-electron chi connectivity index (χ2n) is 6.31. The van der Waals surface area contributed by atoms with Gasteiger partial charge in [-0.05, 0) is 47.0 Å². The van der Waals surface area contributed by atoms with Gasteiger partial charge < -0.3 is 0 Å². The number of hydrogen-bond acceptors (Lipinski definition) is 0. The number of hydrogen-bond donors (Lipinski definition) is 0. The van der Waals surface area contributed by atoms with E-state index in [1.54, 1.807) is 24.3 Å². The van der Waals surface area contributed by atoms with Crippen LogP contribution in [0.4, 0.5) is 17.6 Å². The Kier molecular flexibility index (Phi) is 4.70. The van der Waals surface area contributed by atoms with Gasteiger partial charge in [0.1, 0.15) is 23.3 Å². The molecule has 0 nitrogen and oxygen atoms in total. The molecule has 138 valence electrons. The van der Waals surface area contributed by atoms with Crippen LogP contribution in [0.2, 0.25) is 0 Å². The van der Waals surface area contributed by atoms with E-state index in [2.05, 4.69) is 0 Å². The topological polar surface area (TPSA) is 0 Å². The van der Waals surface area contributed by atoms with Gasteiger partial charge in [-0.3, -0.25) is 0 Å². The lowest BCUT2D eigenvalue weighted by Crippen LogP contribution is -1.96. The highest BCUT2D eigenvalue weighted by Gasteiger charge is 2.20. The van der Waals surface area contributed by atoms with E-state index in [9.17, 15) is 17.6 Å². The summed E-state index contributed by atoms with van der Waals surface area (Å²) in [6.45, 7) is 0.